The van der Waals surface area contributed by atoms with E-state index >= 15 is 0 Å². The van der Waals surface area contributed by atoms with Crippen LogP contribution in [0.2, 0.25) is 5.02 Å². The minimum Gasteiger partial charge on any atom is -0.478 e. The van der Waals surface area contributed by atoms with E-state index in [-0.39, 0.29) is 24.5 Å². The second-order valence-electron chi connectivity index (χ2n) is 6.43. The molecule has 0 saturated heterocycles. The highest BCUT2D eigenvalue weighted by Crippen LogP contribution is 2.29. The largest absolute Gasteiger partial charge is 0.478 e. The third-order valence-corrected chi connectivity index (χ3v) is 5.19. The first kappa shape index (κ1) is 21.2. The maximum Gasteiger partial charge on any atom is 0.331 e. The number of hydrazone groups is 1. The molecular weight excluding hydrogens is 460 g/mol. The molecule has 29 heavy (non-hydrogen) atoms. The minimum absolute atomic E-state index is 0.0104. The highest BCUT2D eigenvalue weighted by atomic mass is 79.9. The summed E-state index contributed by atoms with van der Waals surface area (Å²) in [6, 6.07) is 14.0. The summed E-state index contributed by atoms with van der Waals surface area (Å²) >= 11 is 9.27. The van der Waals surface area contributed by atoms with E-state index in [1.54, 1.807) is 42.5 Å². The van der Waals surface area contributed by atoms with Crippen molar-refractivity contribution in [2.45, 2.75) is 6.42 Å². The molecule has 1 aliphatic rings. The Labute approximate surface area is 181 Å². The molecule has 150 valence electrons. The van der Waals surface area contributed by atoms with Gasteiger partial charge in [0.2, 0.25) is 0 Å². The van der Waals surface area contributed by atoms with Gasteiger partial charge >= 0.3 is 5.97 Å². The van der Waals surface area contributed by atoms with Gasteiger partial charge in [0, 0.05) is 22.2 Å². The number of ether oxygens (including phenoxy) is 1. The molecule has 1 atom stereocenters. The molecule has 2 aromatic rings. The Morgan fingerprint density at radius 2 is 1.90 bits per heavy atom. The molecule has 0 aliphatic carbocycles. The monoisotopic (exact) mass is 476 g/mol. The quantitative estimate of drug-likeness (QED) is 0.590. The number of carboxylic acids is 1. The number of anilines is 1. The molecule has 6 nitrogen and oxygen atoms in total. The van der Waals surface area contributed by atoms with E-state index in [0.717, 1.165) is 10.0 Å². The highest BCUT2D eigenvalue weighted by molar-refractivity contribution is 9.10. The van der Waals surface area contributed by atoms with Crippen molar-refractivity contribution in [3.05, 3.63) is 69.2 Å². The van der Waals surface area contributed by atoms with Crippen LogP contribution in [0.25, 0.3) is 6.08 Å². The topological polar surface area (TPSA) is 79.2 Å². The smallest absolute Gasteiger partial charge is 0.331 e. The van der Waals surface area contributed by atoms with Gasteiger partial charge in [-0.25, -0.2) is 9.80 Å². The van der Waals surface area contributed by atoms with Gasteiger partial charge in [0.15, 0.2) is 0 Å². The van der Waals surface area contributed by atoms with Gasteiger partial charge in [-0.3, -0.25) is 4.79 Å². The van der Waals surface area contributed by atoms with Crippen molar-refractivity contribution >= 4 is 56.9 Å². The van der Waals surface area contributed by atoms with Crippen LogP contribution >= 0.6 is 27.5 Å². The van der Waals surface area contributed by atoms with Crippen molar-refractivity contribution in [2.24, 2.45) is 11.0 Å². The number of benzene rings is 2. The van der Waals surface area contributed by atoms with E-state index < -0.39 is 11.9 Å². The molecule has 3 rings (SSSR count). The fourth-order valence-corrected chi connectivity index (χ4v) is 3.37. The Morgan fingerprint density at radius 1 is 1.24 bits per heavy atom. The summed E-state index contributed by atoms with van der Waals surface area (Å²) in [4.78, 5) is 24.9. The highest BCUT2D eigenvalue weighted by Gasteiger charge is 2.37. The number of amides is 1. The molecule has 0 aromatic heterocycles. The Hall–Kier alpha value is -2.48. The van der Waals surface area contributed by atoms with Crippen molar-refractivity contribution in [3.63, 3.8) is 0 Å². The third kappa shape index (κ3) is 5.12. The normalized spacial score (nSPS) is 16.9. The van der Waals surface area contributed by atoms with Gasteiger partial charge < -0.3 is 9.84 Å². The Morgan fingerprint density at radius 3 is 2.48 bits per heavy atom. The summed E-state index contributed by atoms with van der Waals surface area (Å²) in [5, 5.41) is 15.9. The summed E-state index contributed by atoms with van der Waals surface area (Å²) in [5.74, 6) is -2.10. The molecule has 0 fully saturated rings. The molecule has 1 heterocycles. The first-order valence-corrected chi connectivity index (χ1v) is 9.91. The second-order valence-corrected chi connectivity index (χ2v) is 7.79. The number of hydrogen-bond acceptors (Lipinski definition) is 4. The Bertz CT molecular complexity index is 971. The summed E-state index contributed by atoms with van der Waals surface area (Å²) < 4.78 is 6.07. The molecule has 0 bridgehead atoms. The van der Waals surface area contributed by atoms with Gasteiger partial charge in [0.25, 0.3) is 5.91 Å². The predicted octanol–water partition coefficient (Wildman–Crippen LogP) is 4.63. The number of aliphatic carboxylic acids is 1. The zero-order valence-corrected chi connectivity index (χ0v) is 17.9. The zero-order chi connectivity index (χ0) is 21.0. The van der Waals surface area contributed by atoms with Crippen LogP contribution in [0.5, 0.6) is 0 Å². The average Bonchev–Trinajstić information content (AvgIpc) is 2.99. The van der Waals surface area contributed by atoms with Crippen molar-refractivity contribution in [1.82, 2.24) is 0 Å². The Kier molecular flexibility index (Phi) is 6.84. The maximum atomic E-state index is 13.0. The van der Waals surface area contributed by atoms with Crippen molar-refractivity contribution < 1.29 is 19.4 Å². The van der Waals surface area contributed by atoms with Crippen LogP contribution < -0.4 is 5.01 Å². The lowest BCUT2D eigenvalue weighted by Crippen LogP contribution is -2.29. The average molecular weight is 478 g/mol. The molecule has 8 heteroatoms. The van der Waals surface area contributed by atoms with Crippen LogP contribution in [-0.2, 0) is 14.3 Å². The SMILES string of the molecule is COCC1=NN(c2ccc(Cl)cc2)C(=O)C1CC(=Cc1ccc(Br)cc1)C(=O)O. The van der Waals surface area contributed by atoms with Crippen molar-refractivity contribution in [1.29, 1.82) is 0 Å². The first-order valence-electron chi connectivity index (χ1n) is 8.74. The van der Waals surface area contributed by atoms with E-state index in [2.05, 4.69) is 21.0 Å². The molecule has 1 aliphatic heterocycles. The lowest BCUT2D eigenvalue weighted by molar-refractivity contribution is -0.132. The second kappa shape index (κ2) is 9.35. The number of hydrogen-bond donors (Lipinski definition) is 1. The predicted molar refractivity (Wildman–Crippen MR) is 116 cm³/mol. The van der Waals surface area contributed by atoms with E-state index in [1.807, 2.05) is 12.1 Å². The van der Waals surface area contributed by atoms with Crippen LogP contribution in [0.1, 0.15) is 12.0 Å². The van der Waals surface area contributed by atoms with Crippen LogP contribution in [0.4, 0.5) is 5.69 Å². The van der Waals surface area contributed by atoms with Gasteiger partial charge in [0.05, 0.1) is 23.9 Å². The molecule has 0 spiro atoms. The van der Waals surface area contributed by atoms with Gasteiger partial charge in [-0.2, -0.15) is 5.10 Å². The number of carbonyl (C=O) groups is 2. The zero-order valence-electron chi connectivity index (χ0n) is 15.5. The van der Waals surface area contributed by atoms with Gasteiger partial charge in [0.1, 0.15) is 0 Å². The van der Waals surface area contributed by atoms with E-state index in [4.69, 9.17) is 16.3 Å². The summed E-state index contributed by atoms with van der Waals surface area (Å²) in [6.45, 7) is 0.131. The van der Waals surface area contributed by atoms with Crippen LogP contribution in [0, 0.1) is 5.92 Å². The van der Waals surface area contributed by atoms with Gasteiger partial charge in [-0.1, -0.05) is 39.7 Å². The molecule has 2 aromatic carbocycles. The van der Waals surface area contributed by atoms with E-state index in [9.17, 15) is 14.7 Å². The Balaban J connectivity index is 1.89. The molecule has 0 saturated carbocycles. The minimum atomic E-state index is -1.08. The molecule has 1 unspecified atom stereocenters. The fraction of sp³-hybridized carbons (Fsp3) is 0.190. The first-order chi connectivity index (χ1) is 13.9. The molecule has 1 N–H and O–H groups in total. The molecule has 0 radical (unpaired) electrons. The number of nitrogens with zero attached hydrogens (tertiary/aromatic N) is 2. The number of rotatable bonds is 7. The number of halogens is 2. The van der Waals surface area contributed by atoms with Crippen LogP contribution in [0.3, 0.4) is 0 Å². The van der Waals surface area contributed by atoms with Crippen LogP contribution in [-0.4, -0.2) is 36.4 Å². The van der Waals surface area contributed by atoms with Crippen LogP contribution in [0.15, 0.2) is 63.7 Å². The third-order valence-electron chi connectivity index (χ3n) is 4.41. The number of carboxylic acid groups (broad SMARTS) is 1. The lowest BCUT2D eigenvalue weighted by atomic mass is 9.93. The van der Waals surface area contributed by atoms with Gasteiger partial charge in [-0.05, 0) is 54.5 Å². The summed E-state index contributed by atoms with van der Waals surface area (Å²) in [7, 11) is 1.50. The molecule has 1 amide bonds. The summed E-state index contributed by atoms with van der Waals surface area (Å²) in [6.07, 6.45) is 1.58. The number of methoxy groups -OCH3 is 1. The van der Waals surface area contributed by atoms with Gasteiger partial charge in [-0.15, -0.1) is 0 Å². The fourth-order valence-electron chi connectivity index (χ4n) is 2.98. The van der Waals surface area contributed by atoms with Crippen molar-refractivity contribution in [3.8, 4) is 0 Å². The lowest BCUT2D eigenvalue weighted by Gasteiger charge is -2.15. The van der Waals surface area contributed by atoms with E-state index in [1.165, 1.54) is 12.1 Å². The standard InChI is InChI=1S/C21H18BrClN2O4/c1-29-12-19-18(20(26)25(24-19)17-8-6-16(23)7-9-17)11-14(21(27)28)10-13-2-4-15(22)5-3-13/h2-10,18H,11-12H2,1H3,(H,27,28). The maximum absolute atomic E-state index is 13.0. The van der Waals surface area contributed by atoms with E-state index in [0.29, 0.717) is 16.4 Å². The number of carbonyl (C=O) groups excluding carboxylic acids is 1. The summed E-state index contributed by atoms with van der Waals surface area (Å²) in [5.41, 5.74) is 1.89. The molecular formula is C21H18BrClN2O4. The van der Waals surface area contributed by atoms with Crippen molar-refractivity contribution in [2.75, 3.05) is 18.7 Å².